The van der Waals surface area contributed by atoms with Crippen molar-refractivity contribution in [2.45, 2.75) is 26.7 Å². The fourth-order valence-corrected chi connectivity index (χ4v) is 5.09. The summed E-state index contributed by atoms with van der Waals surface area (Å²) in [4.78, 5) is 39.7. The van der Waals surface area contributed by atoms with E-state index in [9.17, 15) is 14.4 Å². The average molecular weight is 615 g/mol. The Morgan fingerprint density at radius 3 is 2.39 bits per heavy atom. The number of rotatable bonds is 7. The molecule has 1 fully saturated rings. The molecular formula is C28H24ClIN2O4. The topological polar surface area (TPSA) is 75.7 Å². The van der Waals surface area contributed by atoms with Crippen molar-refractivity contribution in [2.24, 2.45) is 0 Å². The van der Waals surface area contributed by atoms with E-state index in [4.69, 9.17) is 16.3 Å². The second kappa shape index (κ2) is 11.3. The van der Waals surface area contributed by atoms with E-state index in [1.807, 2.05) is 56.3 Å². The van der Waals surface area contributed by atoms with Crippen LogP contribution in [0.3, 0.4) is 0 Å². The number of halogens is 2. The van der Waals surface area contributed by atoms with Crippen LogP contribution in [-0.2, 0) is 22.4 Å². The number of barbiturate groups is 1. The Labute approximate surface area is 228 Å². The van der Waals surface area contributed by atoms with Crippen LogP contribution in [0, 0.1) is 3.57 Å². The zero-order valence-corrected chi connectivity index (χ0v) is 22.7. The van der Waals surface area contributed by atoms with Gasteiger partial charge >= 0.3 is 6.03 Å². The largest absolute Gasteiger partial charge is 0.494 e. The molecule has 0 spiro atoms. The Bertz CT molecular complexity index is 1390. The van der Waals surface area contributed by atoms with E-state index in [0.29, 0.717) is 41.5 Å². The summed E-state index contributed by atoms with van der Waals surface area (Å²) in [5.41, 5.74) is 3.70. The van der Waals surface area contributed by atoms with Gasteiger partial charge in [-0.15, -0.1) is 0 Å². The Balaban J connectivity index is 1.74. The zero-order valence-electron chi connectivity index (χ0n) is 19.8. The van der Waals surface area contributed by atoms with Crippen LogP contribution in [0.5, 0.6) is 5.75 Å². The Morgan fingerprint density at radius 2 is 1.69 bits per heavy atom. The van der Waals surface area contributed by atoms with Gasteiger partial charge in [0.25, 0.3) is 11.8 Å². The lowest BCUT2D eigenvalue weighted by molar-refractivity contribution is -0.122. The van der Waals surface area contributed by atoms with Crippen LogP contribution in [0.2, 0.25) is 5.02 Å². The van der Waals surface area contributed by atoms with Crippen LogP contribution in [0.15, 0.2) is 66.2 Å². The van der Waals surface area contributed by atoms with Crippen molar-refractivity contribution in [1.82, 2.24) is 5.32 Å². The van der Waals surface area contributed by atoms with Crippen LogP contribution in [0.25, 0.3) is 6.08 Å². The molecule has 0 aromatic heterocycles. The number of nitrogens with zero attached hydrogens (tertiary/aromatic N) is 1. The van der Waals surface area contributed by atoms with Crippen LogP contribution in [-0.4, -0.2) is 24.5 Å². The van der Waals surface area contributed by atoms with Crippen LogP contribution >= 0.6 is 34.2 Å². The molecule has 8 heteroatoms. The van der Waals surface area contributed by atoms with Crippen molar-refractivity contribution in [3.63, 3.8) is 0 Å². The Kier molecular flexibility index (Phi) is 8.11. The molecule has 3 aromatic rings. The second-order valence-electron chi connectivity index (χ2n) is 8.12. The number of amides is 4. The van der Waals surface area contributed by atoms with Gasteiger partial charge in [-0.1, -0.05) is 54.9 Å². The van der Waals surface area contributed by atoms with E-state index in [1.54, 1.807) is 18.2 Å². The third kappa shape index (κ3) is 5.32. The predicted octanol–water partition coefficient (Wildman–Crippen LogP) is 6.16. The number of urea groups is 1. The molecule has 1 N–H and O–H groups in total. The lowest BCUT2D eigenvalue weighted by atomic mass is 10.00. The molecule has 0 atom stereocenters. The summed E-state index contributed by atoms with van der Waals surface area (Å²) < 4.78 is 6.83. The van der Waals surface area contributed by atoms with E-state index >= 15 is 0 Å². The van der Waals surface area contributed by atoms with Crippen LogP contribution in [0.1, 0.15) is 36.1 Å². The van der Waals surface area contributed by atoms with Crippen LogP contribution < -0.4 is 15.0 Å². The number of hydrogen-bond acceptors (Lipinski definition) is 4. The van der Waals surface area contributed by atoms with E-state index in [1.165, 1.54) is 6.08 Å². The molecule has 1 saturated heterocycles. The molecular weight excluding hydrogens is 591 g/mol. The van der Waals surface area contributed by atoms with E-state index in [2.05, 4.69) is 27.9 Å². The minimum atomic E-state index is -0.761. The van der Waals surface area contributed by atoms with Crippen molar-refractivity contribution >= 4 is 63.8 Å². The molecule has 1 heterocycles. The van der Waals surface area contributed by atoms with Gasteiger partial charge in [0.05, 0.1) is 12.3 Å². The van der Waals surface area contributed by atoms with Crippen molar-refractivity contribution in [3.8, 4) is 5.75 Å². The summed E-state index contributed by atoms with van der Waals surface area (Å²) in [5.74, 6) is -0.759. The first-order chi connectivity index (χ1) is 17.3. The van der Waals surface area contributed by atoms with Gasteiger partial charge in [-0.05, 0) is 83.0 Å². The summed E-state index contributed by atoms with van der Waals surface area (Å²) in [7, 11) is 0. The second-order valence-corrected chi connectivity index (χ2v) is 9.69. The monoisotopic (exact) mass is 614 g/mol. The normalized spacial score (nSPS) is 14.8. The highest BCUT2D eigenvalue weighted by molar-refractivity contribution is 14.1. The van der Waals surface area contributed by atoms with Crippen molar-refractivity contribution < 1.29 is 19.1 Å². The number of aryl methyl sites for hydroxylation is 1. The first-order valence-corrected chi connectivity index (χ1v) is 13.0. The first kappa shape index (κ1) is 25.9. The molecule has 184 valence electrons. The minimum absolute atomic E-state index is 0.127. The standard InChI is InChI=1S/C28H24ClIN2O4/c1-3-18-9-6-8-12-24(18)32-27(34)21(26(33)31-28(32)35)13-17-14-23(30)20(25(15-17)36-4-2)16-19-10-5-7-11-22(19)29/h5-15H,3-4,16H2,1-2H3,(H,31,33,35)/b21-13-. The third-order valence-corrected chi connectivity index (χ3v) is 7.16. The first-order valence-electron chi connectivity index (χ1n) is 11.5. The third-order valence-electron chi connectivity index (χ3n) is 5.83. The highest BCUT2D eigenvalue weighted by Crippen LogP contribution is 2.32. The van der Waals surface area contributed by atoms with Gasteiger partial charge < -0.3 is 4.74 Å². The van der Waals surface area contributed by atoms with Crippen molar-refractivity contribution in [2.75, 3.05) is 11.5 Å². The summed E-state index contributed by atoms with van der Waals surface area (Å²) in [5, 5.41) is 2.97. The SMILES string of the molecule is CCOc1cc(/C=C2/C(=O)NC(=O)N(c3ccccc3CC)C2=O)cc(I)c1Cc1ccccc1Cl. The highest BCUT2D eigenvalue weighted by atomic mass is 127. The number of imide groups is 2. The number of carbonyl (C=O) groups is 3. The van der Waals surface area contributed by atoms with E-state index in [0.717, 1.165) is 25.2 Å². The number of anilines is 1. The maximum atomic E-state index is 13.4. The quantitative estimate of drug-likeness (QED) is 0.196. The van der Waals surface area contributed by atoms with Gasteiger partial charge in [0.15, 0.2) is 0 Å². The predicted molar refractivity (Wildman–Crippen MR) is 149 cm³/mol. The van der Waals surface area contributed by atoms with Gasteiger partial charge in [0.1, 0.15) is 11.3 Å². The molecule has 4 amide bonds. The van der Waals surface area contributed by atoms with E-state index < -0.39 is 17.8 Å². The summed E-state index contributed by atoms with van der Waals surface area (Å²) in [6.45, 7) is 4.28. The molecule has 0 saturated carbocycles. The summed E-state index contributed by atoms with van der Waals surface area (Å²) in [6, 6.07) is 17.7. The lowest BCUT2D eigenvalue weighted by Gasteiger charge is -2.28. The van der Waals surface area contributed by atoms with E-state index in [-0.39, 0.29) is 5.57 Å². The van der Waals surface area contributed by atoms with Crippen molar-refractivity contribution in [3.05, 3.63) is 97.1 Å². The number of para-hydroxylation sites is 1. The average Bonchev–Trinajstić information content (AvgIpc) is 2.85. The molecule has 0 bridgehead atoms. The Hall–Kier alpha value is -3.17. The molecule has 0 aliphatic carbocycles. The fourth-order valence-electron chi connectivity index (χ4n) is 4.07. The molecule has 36 heavy (non-hydrogen) atoms. The fraction of sp³-hybridized carbons (Fsp3) is 0.179. The zero-order chi connectivity index (χ0) is 25.8. The van der Waals surface area contributed by atoms with Gasteiger partial charge in [0, 0.05) is 20.6 Å². The maximum absolute atomic E-state index is 13.4. The van der Waals surface area contributed by atoms with Gasteiger partial charge in [-0.25, -0.2) is 9.69 Å². The van der Waals surface area contributed by atoms with Crippen molar-refractivity contribution in [1.29, 1.82) is 0 Å². The number of ether oxygens (including phenoxy) is 1. The van der Waals surface area contributed by atoms with Crippen LogP contribution in [0.4, 0.5) is 10.5 Å². The number of carbonyl (C=O) groups excluding carboxylic acids is 3. The van der Waals surface area contributed by atoms with Gasteiger partial charge in [-0.2, -0.15) is 0 Å². The minimum Gasteiger partial charge on any atom is -0.494 e. The molecule has 4 rings (SSSR count). The molecule has 0 radical (unpaired) electrons. The molecule has 6 nitrogen and oxygen atoms in total. The Morgan fingerprint density at radius 1 is 1.00 bits per heavy atom. The smallest absolute Gasteiger partial charge is 0.335 e. The van der Waals surface area contributed by atoms with Gasteiger partial charge in [0.2, 0.25) is 0 Å². The molecule has 1 aliphatic rings. The molecule has 1 aliphatic heterocycles. The van der Waals surface area contributed by atoms with Gasteiger partial charge in [-0.3, -0.25) is 14.9 Å². The number of nitrogens with one attached hydrogen (secondary N) is 1. The highest BCUT2D eigenvalue weighted by Gasteiger charge is 2.37. The number of hydrogen-bond donors (Lipinski definition) is 1. The summed E-state index contributed by atoms with van der Waals surface area (Å²) in [6.07, 6.45) is 2.69. The lowest BCUT2D eigenvalue weighted by Crippen LogP contribution is -2.54. The maximum Gasteiger partial charge on any atom is 0.335 e. The number of benzene rings is 3. The molecule has 3 aromatic carbocycles. The molecule has 0 unspecified atom stereocenters. The summed E-state index contributed by atoms with van der Waals surface area (Å²) >= 11 is 8.60.